The molecule has 8 heteroatoms. The van der Waals surface area contributed by atoms with Crippen LogP contribution in [-0.2, 0) is 14.3 Å². The summed E-state index contributed by atoms with van der Waals surface area (Å²) in [4.78, 5) is 29.3. The maximum Gasteiger partial charge on any atom is 0.257 e. The summed E-state index contributed by atoms with van der Waals surface area (Å²) in [5.41, 5.74) is 1.04. The van der Waals surface area contributed by atoms with Gasteiger partial charge in [0.15, 0.2) is 0 Å². The number of benzene rings is 1. The van der Waals surface area contributed by atoms with Gasteiger partial charge in [-0.2, -0.15) is 0 Å². The minimum Gasteiger partial charge on any atom is -0.491 e. The first kappa shape index (κ1) is 24.5. The SMILES string of the molecule is COCC(=O)Nc1ccc2c(c1)OC[C@@H](C)N(CC1CC1)C[C@@H](C)[C@@H](OC)CN(C)C2=O. The average molecular weight is 448 g/mol. The predicted octanol–water partition coefficient (Wildman–Crippen LogP) is 2.49. The van der Waals surface area contributed by atoms with E-state index >= 15 is 0 Å². The molecule has 3 rings (SSSR count). The van der Waals surface area contributed by atoms with Crippen molar-refractivity contribution in [2.24, 2.45) is 11.8 Å². The molecule has 8 nitrogen and oxygen atoms in total. The number of methoxy groups -OCH3 is 2. The summed E-state index contributed by atoms with van der Waals surface area (Å²) in [6.07, 6.45) is 2.52. The van der Waals surface area contributed by atoms with Crippen LogP contribution < -0.4 is 10.1 Å². The highest BCUT2D eigenvalue weighted by molar-refractivity contribution is 5.98. The number of ether oxygens (including phenoxy) is 3. The minimum atomic E-state index is -0.259. The second-order valence-electron chi connectivity index (χ2n) is 9.19. The number of anilines is 1. The zero-order valence-corrected chi connectivity index (χ0v) is 19.9. The van der Waals surface area contributed by atoms with Crippen molar-refractivity contribution < 1.29 is 23.8 Å². The lowest BCUT2D eigenvalue weighted by Gasteiger charge is -2.36. The number of amides is 2. The van der Waals surface area contributed by atoms with E-state index in [2.05, 4.69) is 24.1 Å². The Morgan fingerprint density at radius 2 is 1.97 bits per heavy atom. The Kier molecular flexibility index (Phi) is 8.51. The topological polar surface area (TPSA) is 80.3 Å². The molecule has 0 aromatic heterocycles. The molecular formula is C24H37N3O5. The third-order valence-corrected chi connectivity index (χ3v) is 6.32. The number of hydrogen-bond donors (Lipinski definition) is 1. The van der Waals surface area contributed by atoms with Crippen LogP contribution in [0.5, 0.6) is 5.75 Å². The fraction of sp³-hybridized carbons (Fsp3) is 0.667. The Balaban J connectivity index is 1.89. The minimum absolute atomic E-state index is 0.0383. The molecule has 0 saturated heterocycles. The molecule has 2 amide bonds. The third-order valence-electron chi connectivity index (χ3n) is 6.32. The van der Waals surface area contributed by atoms with Gasteiger partial charge in [-0.05, 0) is 43.7 Å². The summed E-state index contributed by atoms with van der Waals surface area (Å²) >= 11 is 0. The van der Waals surface area contributed by atoms with Crippen LogP contribution >= 0.6 is 0 Å². The van der Waals surface area contributed by atoms with Crippen molar-refractivity contribution in [1.29, 1.82) is 0 Å². The van der Waals surface area contributed by atoms with Crippen molar-refractivity contribution in [3.8, 4) is 5.75 Å². The van der Waals surface area contributed by atoms with Crippen LogP contribution in [0.4, 0.5) is 5.69 Å². The van der Waals surface area contributed by atoms with Crippen molar-refractivity contribution >= 4 is 17.5 Å². The van der Waals surface area contributed by atoms with Crippen LogP contribution in [0.2, 0.25) is 0 Å². The van der Waals surface area contributed by atoms with Crippen LogP contribution in [0.1, 0.15) is 37.0 Å². The molecule has 0 bridgehead atoms. The molecule has 1 aliphatic carbocycles. The summed E-state index contributed by atoms with van der Waals surface area (Å²) in [7, 11) is 4.97. The molecule has 32 heavy (non-hydrogen) atoms. The highest BCUT2D eigenvalue weighted by atomic mass is 16.5. The standard InChI is InChI=1S/C24H37N3O5/c1-16-11-27(12-18-6-7-18)17(2)14-32-21-10-19(25-23(28)15-30-4)8-9-20(21)24(29)26(3)13-22(16)31-5/h8-10,16-18,22H,6-7,11-15H2,1-5H3,(H,25,28)/t16-,17-,22+/m1/s1. The Morgan fingerprint density at radius 1 is 1.22 bits per heavy atom. The maximum absolute atomic E-state index is 13.2. The maximum atomic E-state index is 13.2. The molecule has 0 radical (unpaired) electrons. The highest BCUT2D eigenvalue weighted by Gasteiger charge is 2.31. The normalized spacial score (nSPS) is 25.3. The Bertz CT molecular complexity index is 798. The first-order chi connectivity index (χ1) is 15.3. The molecule has 1 saturated carbocycles. The lowest BCUT2D eigenvalue weighted by molar-refractivity contribution is -0.119. The van der Waals surface area contributed by atoms with Gasteiger partial charge in [-0.15, -0.1) is 0 Å². The smallest absolute Gasteiger partial charge is 0.257 e. The molecule has 3 atom stereocenters. The van der Waals surface area contributed by atoms with Crippen molar-refractivity contribution in [2.75, 3.05) is 59.4 Å². The number of nitrogens with one attached hydrogen (secondary N) is 1. The summed E-state index contributed by atoms with van der Waals surface area (Å²) in [5.74, 6) is 1.11. The van der Waals surface area contributed by atoms with Gasteiger partial charge in [-0.25, -0.2) is 0 Å². The molecule has 1 heterocycles. The van der Waals surface area contributed by atoms with Gasteiger partial charge in [0.2, 0.25) is 5.91 Å². The van der Waals surface area contributed by atoms with Crippen molar-refractivity contribution in [3.63, 3.8) is 0 Å². The van der Waals surface area contributed by atoms with Gasteiger partial charge in [0.1, 0.15) is 19.0 Å². The number of carbonyl (C=O) groups is 2. The number of hydrogen-bond acceptors (Lipinski definition) is 6. The van der Waals surface area contributed by atoms with Crippen molar-refractivity contribution in [3.05, 3.63) is 23.8 Å². The second-order valence-corrected chi connectivity index (χ2v) is 9.19. The van der Waals surface area contributed by atoms with Crippen molar-refractivity contribution in [2.45, 2.75) is 38.8 Å². The number of likely N-dealkylation sites (N-methyl/N-ethyl adjacent to an activating group) is 1. The summed E-state index contributed by atoms with van der Waals surface area (Å²) in [6, 6.07) is 5.32. The van der Waals surface area contributed by atoms with E-state index in [9.17, 15) is 9.59 Å². The van der Waals surface area contributed by atoms with E-state index in [0.717, 1.165) is 19.0 Å². The average Bonchev–Trinajstić information content (AvgIpc) is 3.58. The van der Waals surface area contributed by atoms with Crippen LogP contribution in [-0.4, -0.2) is 87.9 Å². The van der Waals surface area contributed by atoms with Crippen LogP contribution in [0.3, 0.4) is 0 Å². The molecular weight excluding hydrogens is 410 g/mol. The van der Waals surface area contributed by atoms with Crippen LogP contribution in [0.15, 0.2) is 18.2 Å². The van der Waals surface area contributed by atoms with E-state index in [0.29, 0.717) is 30.2 Å². The first-order valence-electron chi connectivity index (χ1n) is 11.4. The molecule has 2 aliphatic rings. The molecule has 1 aliphatic heterocycles. The number of carbonyl (C=O) groups excluding carboxylic acids is 2. The molecule has 0 unspecified atom stereocenters. The highest BCUT2D eigenvalue weighted by Crippen LogP contribution is 2.32. The first-order valence-corrected chi connectivity index (χ1v) is 11.4. The molecule has 0 spiro atoms. The van der Waals surface area contributed by atoms with E-state index < -0.39 is 0 Å². The zero-order valence-electron chi connectivity index (χ0n) is 19.9. The van der Waals surface area contributed by atoms with Gasteiger partial charge in [-0.1, -0.05) is 6.92 Å². The Labute approximate surface area is 191 Å². The van der Waals surface area contributed by atoms with E-state index in [1.165, 1.54) is 20.0 Å². The predicted molar refractivity (Wildman–Crippen MR) is 123 cm³/mol. The van der Waals surface area contributed by atoms with E-state index in [1.807, 2.05) is 0 Å². The molecule has 1 fully saturated rings. The summed E-state index contributed by atoms with van der Waals surface area (Å²) < 4.78 is 16.9. The molecule has 1 aromatic rings. The summed E-state index contributed by atoms with van der Waals surface area (Å²) in [6.45, 7) is 7.21. The molecule has 1 aromatic carbocycles. The van der Waals surface area contributed by atoms with Gasteiger partial charge in [0.25, 0.3) is 5.91 Å². The van der Waals surface area contributed by atoms with Gasteiger partial charge in [0, 0.05) is 58.7 Å². The number of rotatable bonds is 6. The van der Waals surface area contributed by atoms with Gasteiger partial charge in [0.05, 0.1) is 11.7 Å². The lowest BCUT2D eigenvalue weighted by atomic mass is 10.0. The van der Waals surface area contributed by atoms with Crippen LogP contribution in [0.25, 0.3) is 0 Å². The summed E-state index contributed by atoms with van der Waals surface area (Å²) in [5, 5.41) is 2.78. The fourth-order valence-corrected chi connectivity index (χ4v) is 4.14. The Morgan fingerprint density at radius 3 is 2.62 bits per heavy atom. The van der Waals surface area contributed by atoms with E-state index in [-0.39, 0.29) is 36.5 Å². The Hall–Kier alpha value is -2.16. The monoisotopic (exact) mass is 447 g/mol. The van der Waals surface area contributed by atoms with Crippen molar-refractivity contribution in [1.82, 2.24) is 9.80 Å². The largest absolute Gasteiger partial charge is 0.491 e. The van der Waals surface area contributed by atoms with Crippen LogP contribution in [0, 0.1) is 11.8 Å². The fourth-order valence-electron chi connectivity index (χ4n) is 4.14. The van der Waals surface area contributed by atoms with Gasteiger partial charge in [-0.3, -0.25) is 14.5 Å². The quantitative estimate of drug-likeness (QED) is 0.722. The molecule has 1 N–H and O–H groups in total. The lowest BCUT2D eigenvalue weighted by Crippen LogP contribution is -2.47. The number of nitrogens with zero attached hydrogens (tertiary/aromatic N) is 2. The van der Waals surface area contributed by atoms with E-state index in [4.69, 9.17) is 14.2 Å². The molecule has 178 valence electrons. The van der Waals surface area contributed by atoms with Gasteiger partial charge >= 0.3 is 0 Å². The van der Waals surface area contributed by atoms with Gasteiger partial charge < -0.3 is 24.4 Å². The number of fused-ring (bicyclic) bond motifs is 1. The zero-order chi connectivity index (χ0) is 23.3. The second kappa shape index (κ2) is 11.1. The third kappa shape index (κ3) is 6.43. The van der Waals surface area contributed by atoms with E-state index in [1.54, 1.807) is 37.3 Å².